The molecule has 2 atom stereocenters. The standard InChI is InChI=1S/C11H25N3O3S/c1-10(9-17-3)13-18(15,16)14-7-5-4-6-11(14)8-12-2/h10-13H,4-9H2,1-3H3. The summed E-state index contributed by atoms with van der Waals surface area (Å²) >= 11 is 0. The number of nitrogens with one attached hydrogen (secondary N) is 2. The number of hydrogen-bond donors (Lipinski definition) is 2. The minimum atomic E-state index is -3.41. The van der Waals surface area contributed by atoms with Crippen LogP contribution in [-0.2, 0) is 14.9 Å². The number of methoxy groups -OCH3 is 1. The van der Waals surface area contributed by atoms with Gasteiger partial charge in [0.1, 0.15) is 0 Å². The molecule has 1 heterocycles. The van der Waals surface area contributed by atoms with Gasteiger partial charge in [-0.3, -0.25) is 0 Å². The minimum Gasteiger partial charge on any atom is -0.383 e. The van der Waals surface area contributed by atoms with Gasteiger partial charge in [-0.05, 0) is 26.8 Å². The van der Waals surface area contributed by atoms with Gasteiger partial charge in [0.2, 0.25) is 0 Å². The molecular weight excluding hydrogens is 254 g/mol. The van der Waals surface area contributed by atoms with E-state index in [1.54, 1.807) is 18.3 Å². The van der Waals surface area contributed by atoms with Gasteiger partial charge in [-0.2, -0.15) is 17.4 Å². The maximum Gasteiger partial charge on any atom is 0.280 e. The predicted octanol–water partition coefficient (Wildman–Crippen LogP) is -0.0704. The molecule has 18 heavy (non-hydrogen) atoms. The van der Waals surface area contributed by atoms with Gasteiger partial charge in [-0.15, -0.1) is 0 Å². The Morgan fingerprint density at radius 3 is 2.78 bits per heavy atom. The normalized spacial score (nSPS) is 24.1. The molecule has 0 aliphatic carbocycles. The second-order valence-corrected chi connectivity index (χ2v) is 6.45. The van der Waals surface area contributed by atoms with E-state index < -0.39 is 10.2 Å². The first kappa shape index (κ1) is 15.8. The quantitative estimate of drug-likeness (QED) is 0.684. The van der Waals surface area contributed by atoms with E-state index in [2.05, 4.69) is 10.0 Å². The Bertz CT molecular complexity index is 332. The van der Waals surface area contributed by atoms with E-state index in [-0.39, 0.29) is 12.1 Å². The zero-order valence-corrected chi connectivity index (χ0v) is 12.3. The second kappa shape index (κ2) is 7.40. The summed E-state index contributed by atoms with van der Waals surface area (Å²) in [6, 6.07) is -0.159. The number of likely N-dealkylation sites (N-methyl/N-ethyl adjacent to an activating group) is 1. The minimum absolute atomic E-state index is 0.0518. The predicted molar refractivity (Wildman–Crippen MR) is 71.7 cm³/mol. The smallest absolute Gasteiger partial charge is 0.280 e. The molecule has 2 unspecified atom stereocenters. The molecule has 0 bridgehead atoms. The molecule has 6 nitrogen and oxygen atoms in total. The molecule has 1 aliphatic rings. The van der Waals surface area contributed by atoms with Gasteiger partial charge in [-0.25, -0.2) is 0 Å². The second-order valence-electron chi connectivity index (χ2n) is 4.80. The molecule has 108 valence electrons. The van der Waals surface area contributed by atoms with Gasteiger partial charge in [0.05, 0.1) is 6.61 Å². The fourth-order valence-electron chi connectivity index (χ4n) is 2.34. The average molecular weight is 279 g/mol. The molecule has 0 radical (unpaired) electrons. The van der Waals surface area contributed by atoms with Crippen molar-refractivity contribution < 1.29 is 13.2 Å². The zero-order chi connectivity index (χ0) is 13.6. The van der Waals surface area contributed by atoms with E-state index in [4.69, 9.17) is 4.74 Å². The van der Waals surface area contributed by atoms with Crippen LogP contribution >= 0.6 is 0 Å². The molecule has 0 spiro atoms. The Kier molecular flexibility index (Phi) is 6.51. The van der Waals surface area contributed by atoms with Crippen molar-refractivity contribution in [3.63, 3.8) is 0 Å². The number of hydrogen-bond acceptors (Lipinski definition) is 4. The molecule has 1 saturated heterocycles. The molecule has 0 saturated carbocycles. The molecule has 7 heteroatoms. The SMILES string of the molecule is CNCC1CCCCN1S(=O)(=O)NC(C)COC. The summed E-state index contributed by atoms with van der Waals surface area (Å²) in [4.78, 5) is 0. The van der Waals surface area contributed by atoms with E-state index in [1.165, 1.54) is 0 Å². The molecule has 1 fully saturated rings. The fraction of sp³-hybridized carbons (Fsp3) is 1.00. The van der Waals surface area contributed by atoms with Crippen LogP contribution in [0.2, 0.25) is 0 Å². The summed E-state index contributed by atoms with van der Waals surface area (Å²) in [6.45, 7) is 3.47. The van der Waals surface area contributed by atoms with Crippen LogP contribution in [0.15, 0.2) is 0 Å². The third-order valence-electron chi connectivity index (χ3n) is 3.09. The Morgan fingerprint density at radius 1 is 1.44 bits per heavy atom. The first-order chi connectivity index (χ1) is 8.51. The van der Waals surface area contributed by atoms with E-state index in [1.807, 2.05) is 7.05 Å². The summed E-state index contributed by atoms with van der Waals surface area (Å²) in [7, 11) is -0.000220. The number of nitrogens with zero attached hydrogens (tertiary/aromatic N) is 1. The van der Waals surface area contributed by atoms with Crippen molar-refractivity contribution >= 4 is 10.2 Å². The maximum atomic E-state index is 12.3. The van der Waals surface area contributed by atoms with E-state index in [0.29, 0.717) is 19.7 Å². The summed E-state index contributed by atoms with van der Waals surface area (Å²) in [6.07, 6.45) is 2.94. The number of rotatable bonds is 7. The highest BCUT2D eigenvalue weighted by Crippen LogP contribution is 2.19. The van der Waals surface area contributed by atoms with Crippen LogP contribution in [0.5, 0.6) is 0 Å². The highest BCUT2D eigenvalue weighted by atomic mass is 32.2. The fourth-order valence-corrected chi connectivity index (χ4v) is 3.99. The summed E-state index contributed by atoms with van der Waals surface area (Å²) in [5.41, 5.74) is 0. The van der Waals surface area contributed by atoms with Crippen molar-refractivity contribution in [3.8, 4) is 0 Å². The molecule has 0 amide bonds. The van der Waals surface area contributed by atoms with E-state index in [9.17, 15) is 8.42 Å². The number of piperidine rings is 1. The van der Waals surface area contributed by atoms with Crippen LogP contribution in [-0.4, -0.2) is 58.7 Å². The van der Waals surface area contributed by atoms with Gasteiger partial charge in [0, 0.05) is 32.3 Å². The van der Waals surface area contributed by atoms with Crippen molar-refractivity contribution in [3.05, 3.63) is 0 Å². The van der Waals surface area contributed by atoms with E-state index >= 15 is 0 Å². The van der Waals surface area contributed by atoms with Crippen LogP contribution in [0, 0.1) is 0 Å². The molecule has 0 aromatic rings. The van der Waals surface area contributed by atoms with Crippen molar-refractivity contribution in [1.29, 1.82) is 0 Å². The highest BCUT2D eigenvalue weighted by molar-refractivity contribution is 7.87. The van der Waals surface area contributed by atoms with Gasteiger partial charge >= 0.3 is 0 Å². The molecule has 0 aromatic heterocycles. The molecule has 0 aromatic carbocycles. The largest absolute Gasteiger partial charge is 0.383 e. The molecule has 1 aliphatic heterocycles. The van der Waals surface area contributed by atoms with Crippen LogP contribution in [0.25, 0.3) is 0 Å². The Morgan fingerprint density at radius 2 is 2.17 bits per heavy atom. The molecule has 2 N–H and O–H groups in total. The van der Waals surface area contributed by atoms with Gasteiger partial charge in [0.25, 0.3) is 10.2 Å². The number of ether oxygens (including phenoxy) is 1. The first-order valence-electron chi connectivity index (χ1n) is 6.44. The van der Waals surface area contributed by atoms with Crippen molar-refractivity contribution in [2.45, 2.75) is 38.3 Å². The summed E-state index contributed by atoms with van der Waals surface area (Å²) < 4.78 is 33.8. The summed E-state index contributed by atoms with van der Waals surface area (Å²) in [5, 5.41) is 3.06. The average Bonchev–Trinajstić information content (AvgIpc) is 2.29. The monoisotopic (exact) mass is 279 g/mol. The van der Waals surface area contributed by atoms with Crippen molar-refractivity contribution in [2.75, 3.05) is 33.9 Å². The third-order valence-corrected chi connectivity index (χ3v) is 4.89. The van der Waals surface area contributed by atoms with E-state index in [0.717, 1.165) is 19.3 Å². The lowest BCUT2D eigenvalue weighted by molar-refractivity contribution is 0.177. The van der Waals surface area contributed by atoms with Crippen molar-refractivity contribution in [1.82, 2.24) is 14.3 Å². The Labute approximate surface area is 110 Å². The zero-order valence-electron chi connectivity index (χ0n) is 11.5. The lowest BCUT2D eigenvalue weighted by Gasteiger charge is -2.35. The van der Waals surface area contributed by atoms with Crippen LogP contribution in [0.3, 0.4) is 0 Å². The summed E-state index contributed by atoms with van der Waals surface area (Å²) in [5.74, 6) is 0. The Hall–Kier alpha value is -0.210. The topological polar surface area (TPSA) is 70.7 Å². The maximum absolute atomic E-state index is 12.3. The van der Waals surface area contributed by atoms with Gasteiger partial charge in [-0.1, -0.05) is 6.42 Å². The van der Waals surface area contributed by atoms with Crippen LogP contribution in [0.4, 0.5) is 0 Å². The highest BCUT2D eigenvalue weighted by Gasteiger charge is 2.32. The molecule has 1 rings (SSSR count). The molecular formula is C11H25N3O3S. The lowest BCUT2D eigenvalue weighted by Crippen LogP contribution is -2.54. The lowest BCUT2D eigenvalue weighted by atomic mass is 10.1. The van der Waals surface area contributed by atoms with Gasteiger partial charge < -0.3 is 10.1 Å². The third kappa shape index (κ3) is 4.47. The van der Waals surface area contributed by atoms with Gasteiger partial charge in [0.15, 0.2) is 0 Å². The van der Waals surface area contributed by atoms with Crippen LogP contribution in [0.1, 0.15) is 26.2 Å². The van der Waals surface area contributed by atoms with Crippen LogP contribution < -0.4 is 10.0 Å². The Balaban J connectivity index is 2.68. The van der Waals surface area contributed by atoms with Crippen molar-refractivity contribution in [2.24, 2.45) is 0 Å². The first-order valence-corrected chi connectivity index (χ1v) is 7.88.